The summed E-state index contributed by atoms with van der Waals surface area (Å²) in [6.45, 7) is 0.0331. The molecule has 2 amide bonds. The fourth-order valence-corrected chi connectivity index (χ4v) is 5.54. The van der Waals surface area contributed by atoms with Crippen LogP contribution in [0.1, 0.15) is 10.4 Å². The second kappa shape index (κ2) is 8.84. The average Bonchev–Trinajstić information content (AvgIpc) is 3.25. The molecule has 1 N–H and O–H groups in total. The minimum Gasteiger partial charge on any atom is -0.343 e. The Morgan fingerprint density at radius 1 is 1.03 bits per heavy atom. The van der Waals surface area contributed by atoms with Crippen molar-refractivity contribution in [3.63, 3.8) is 0 Å². The third-order valence-electron chi connectivity index (χ3n) is 4.98. The van der Waals surface area contributed by atoms with Crippen LogP contribution in [0, 0.1) is 11.6 Å². The molecule has 0 unspecified atom stereocenters. The Labute approximate surface area is 186 Å². The number of hydrogen-bond acceptors (Lipinski definition) is 7. The van der Waals surface area contributed by atoms with E-state index in [4.69, 9.17) is 0 Å². The maximum atomic E-state index is 13.2. The molecule has 9 nitrogen and oxygen atoms in total. The number of carbonyl (C=O) groups excluding carboxylic acids is 2. The van der Waals surface area contributed by atoms with E-state index in [1.807, 2.05) is 0 Å². The number of sulfonamides is 1. The SMILES string of the molecule is O=C(NCC(=O)N1CCN(S(=O)(=O)c2cccc3nsnc23)CC1)c1cc(F)cc(F)c1. The quantitative estimate of drug-likeness (QED) is 0.587. The number of benzene rings is 2. The molecule has 0 atom stereocenters. The Hall–Kier alpha value is -3.03. The van der Waals surface area contributed by atoms with Gasteiger partial charge in [0.2, 0.25) is 15.9 Å². The molecule has 0 spiro atoms. The molecule has 3 aromatic rings. The number of amides is 2. The van der Waals surface area contributed by atoms with Gasteiger partial charge in [-0.05, 0) is 24.3 Å². The van der Waals surface area contributed by atoms with Crippen molar-refractivity contribution >= 4 is 44.6 Å². The monoisotopic (exact) mass is 481 g/mol. The zero-order valence-electron chi connectivity index (χ0n) is 16.5. The summed E-state index contributed by atoms with van der Waals surface area (Å²) in [5, 5.41) is 2.33. The number of halogens is 2. The standard InChI is InChI=1S/C19H17F2N5O4S2/c20-13-8-12(9-14(21)10-13)19(28)22-11-17(27)25-4-6-26(7-5-25)32(29,30)16-3-1-2-15-18(16)24-31-23-15/h1-3,8-10H,4-7,11H2,(H,22,28). The van der Waals surface area contributed by atoms with E-state index >= 15 is 0 Å². The highest BCUT2D eigenvalue weighted by Crippen LogP contribution is 2.25. The van der Waals surface area contributed by atoms with Gasteiger partial charge in [0.05, 0.1) is 18.3 Å². The summed E-state index contributed by atoms with van der Waals surface area (Å²) < 4.78 is 62.0. The van der Waals surface area contributed by atoms with E-state index in [0.29, 0.717) is 17.1 Å². The van der Waals surface area contributed by atoms with Crippen molar-refractivity contribution in [3.05, 3.63) is 53.6 Å². The van der Waals surface area contributed by atoms with E-state index in [-0.39, 0.29) is 43.2 Å². The molecule has 1 aromatic heterocycles. The molecule has 1 aliphatic rings. The summed E-state index contributed by atoms with van der Waals surface area (Å²) in [6, 6.07) is 7.13. The van der Waals surface area contributed by atoms with Gasteiger partial charge in [0.15, 0.2) is 0 Å². The van der Waals surface area contributed by atoms with E-state index in [2.05, 4.69) is 14.1 Å². The molecule has 0 bridgehead atoms. The van der Waals surface area contributed by atoms with Crippen LogP contribution in [0.5, 0.6) is 0 Å². The molecular weight excluding hydrogens is 464 g/mol. The number of nitrogens with one attached hydrogen (secondary N) is 1. The molecule has 168 valence electrons. The highest BCUT2D eigenvalue weighted by molar-refractivity contribution is 7.89. The minimum atomic E-state index is -3.82. The lowest BCUT2D eigenvalue weighted by atomic mass is 10.2. The number of nitrogens with zero attached hydrogens (tertiary/aromatic N) is 4. The highest BCUT2D eigenvalue weighted by atomic mass is 32.2. The van der Waals surface area contributed by atoms with E-state index in [1.165, 1.54) is 15.3 Å². The molecule has 2 aromatic carbocycles. The van der Waals surface area contributed by atoms with Gasteiger partial charge in [-0.3, -0.25) is 9.59 Å². The first-order valence-corrected chi connectivity index (χ1v) is 11.7. The van der Waals surface area contributed by atoms with Crippen LogP contribution >= 0.6 is 11.7 Å². The summed E-state index contributed by atoms with van der Waals surface area (Å²) in [7, 11) is -3.82. The predicted octanol–water partition coefficient (Wildman–Crippen LogP) is 1.23. The lowest BCUT2D eigenvalue weighted by Gasteiger charge is -2.34. The molecule has 1 fully saturated rings. The van der Waals surface area contributed by atoms with Crippen LogP contribution in [0.2, 0.25) is 0 Å². The van der Waals surface area contributed by atoms with Crippen molar-refractivity contribution in [2.45, 2.75) is 4.90 Å². The third-order valence-corrected chi connectivity index (χ3v) is 7.46. The molecule has 2 heterocycles. The Morgan fingerprint density at radius 3 is 2.41 bits per heavy atom. The number of rotatable bonds is 5. The third kappa shape index (κ3) is 4.45. The van der Waals surface area contributed by atoms with Crippen LogP contribution in [0.25, 0.3) is 11.0 Å². The highest BCUT2D eigenvalue weighted by Gasteiger charge is 2.32. The van der Waals surface area contributed by atoms with Crippen molar-refractivity contribution in [3.8, 4) is 0 Å². The Kier molecular flexibility index (Phi) is 6.13. The predicted molar refractivity (Wildman–Crippen MR) is 111 cm³/mol. The minimum absolute atomic E-state index is 0.0677. The van der Waals surface area contributed by atoms with Crippen molar-refractivity contribution in [1.82, 2.24) is 23.3 Å². The van der Waals surface area contributed by atoms with Gasteiger partial charge in [-0.1, -0.05) is 6.07 Å². The van der Waals surface area contributed by atoms with Crippen LogP contribution in [0.3, 0.4) is 0 Å². The summed E-state index contributed by atoms with van der Waals surface area (Å²) in [5.74, 6) is -3.02. The van der Waals surface area contributed by atoms with E-state index < -0.39 is 33.5 Å². The van der Waals surface area contributed by atoms with Gasteiger partial charge in [0.25, 0.3) is 5.91 Å². The number of aromatic nitrogens is 2. The number of piperazine rings is 1. The van der Waals surface area contributed by atoms with Gasteiger partial charge in [-0.15, -0.1) is 0 Å². The lowest BCUT2D eigenvalue weighted by Crippen LogP contribution is -2.52. The lowest BCUT2D eigenvalue weighted by molar-refractivity contribution is -0.131. The van der Waals surface area contributed by atoms with Gasteiger partial charge in [0.1, 0.15) is 27.6 Å². The molecule has 0 radical (unpaired) electrons. The Morgan fingerprint density at radius 2 is 1.72 bits per heavy atom. The maximum absolute atomic E-state index is 13.2. The smallest absolute Gasteiger partial charge is 0.251 e. The van der Waals surface area contributed by atoms with Crippen LogP contribution in [-0.4, -0.2) is 70.9 Å². The first-order valence-electron chi connectivity index (χ1n) is 9.49. The van der Waals surface area contributed by atoms with Crippen LogP contribution in [-0.2, 0) is 14.8 Å². The summed E-state index contributed by atoms with van der Waals surface area (Å²) in [6.07, 6.45) is 0. The first kappa shape index (κ1) is 22.2. The summed E-state index contributed by atoms with van der Waals surface area (Å²) in [5.41, 5.74) is 0.572. The van der Waals surface area contributed by atoms with Gasteiger partial charge >= 0.3 is 0 Å². The van der Waals surface area contributed by atoms with E-state index in [1.54, 1.807) is 12.1 Å². The molecule has 32 heavy (non-hydrogen) atoms. The van der Waals surface area contributed by atoms with Crippen molar-refractivity contribution in [2.75, 3.05) is 32.7 Å². The van der Waals surface area contributed by atoms with E-state index in [0.717, 1.165) is 23.9 Å². The van der Waals surface area contributed by atoms with Crippen molar-refractivity contribution in [1.29, 1.82) is 0 Å². The molecular formula is C19H17F2N5O4S2. The largest absolute Gasteiger partial charge is 0.343 e. The summed E-state index contributed by atoms with van der Waals surface area (Å²) in [4.78, 5) is 25.9. The number of carbonyl (C=O) groups is 2. The average molecular weight is 482 g/mol. The first-order chi connectivity index (χ1) is 15.3. The number of fused-ring (bicyclic) bond motifs is 1. The second-order valence-electron chi connectivity index (χ2n) is 7.01. The van der Waals surface area contributed by atoms with Crippen LogP contribution in [0.15, 0.2) is 41.3 Å². The zero-order valence-corrected chi connectivity index (χ0v) is 18.1. The second-order valence-corrected chi connectivity index (χ2v) is 9.45. The normalized spacial score (nSPS) is 15.1. The fraction of sp³-hybridized carbons (Fsp3) is 0.263. The van der Waals surface area contributed by atoms with Crippen molar-refractivity contribution in [2.24, 2.45) is 0 Å². The van der Waals surface area contributed by atoms with Gasteiger partial charge in [0, 0.05) is 37.8 Å². The number of hydrogen-bond donors (Lipinski definition) is 1. The Bertz CT molecular complexity index is 1270. The van der Waals surface area contributed by atoms with Crippen LogP contribution in [0.4, 0.5) is 8.78 Å². The molecule has 0 aliphatic carbocycles. The van der Waals surface area contributed by atoms with Gasteiger partial charge < -0.3 is 10.2 Å². The molecule has 1 aliphatic heterocycles. The zero-order chi connectivity index (χ0) is 22.9. The molecule has 1 saturated heterocycles. The fourth-order valence-electron chi connectivity index (χ4n) is 3.36. The topological polar surface area (TPSA) is 113 Å². The van der Waals surface area contributed by atoms with Gasteiger partial charge in [-0.25, -0.2) is 17.2 Å². The Balaban J connectivity index is 1.35. The van der Waals surface area contributed by atoms with Crippen molar-refractivity contribution < 1.29 is 26.8 Å². The van der Waals surface area contributed by atoms with Crippen LogP contribution < -0.4 is 5.32 Å². The van der Waals surface area contributed by atoms with E-state index in [9.17, 15) is 26.8 Å². The maximum Gasteiger partial charge on any atom is 0.251 e. The van der Waals surface area contributed by atoms with Gasteiger partial charge in [-0.2, -0.15) is 13.1 Å². The summed E-state index contributed by atoms with van der Waals surface area (Å²) >= 11 is 0.930. The molecule has 13 heteroatoms. The molecule has 0 saturated carbocycles. The molecule has 4 rings (SSSR count).